The average Bonchev–Trinajstić information content (AvgIpc) is 3.70. The quantitative estimate of drug-likeness (QED) is 0.0785. The van der Waals surface area contributed by atoms with E-state index in [-0.39, 0.29) is 35.6 Å². The molecule has 1 fully saturated rings. The van der Waals surface area contributed by atoms with Gasteiger partial charge in [0.15, 0.2) is 6.23 Å². The van der Waals surface area contributed by atoms with Crippen LogP contribution in [0.4, 0.5) is 0 Å². The van der Waals surface area contributed by atoms with Gasteiger partial charge in [-0.2, -0.15) is 0 Å². The number of fused-ring (bicyclic) bond motifs is 10. The lowest BCUT2D eigenvalue weighted by Gasteiger charge is -2.42. The molecular weight excluding hydrogens is 662 g/mol. The second-order valence-electron chi connectivity index (χ2n) is 11.5. The highest BCUT2D eigenvalue weighted by atomic mass is 79.9. The number of alkyl halides is 1. The number of halogens is 1. The van der Waals surface area contributed by atoms with E-state index in [4.69, 9.17) is 14.2 Å². The number of aliphatic hydroxyl groups excluding tert-OH is 3. The van der Waals surface area contributed by atoms with Crippen LogP contribution in [-0.4, -0.2) is 104 Å². The Balaban J connectivity index is 1.46. The Kier molecular flexibility index (Phi) is 8.07. The number of benzene rings is 3. The number of amides is 2. The maximum absolute atomic E-state index is 14.3. The van der Waals surface area contributed by atoms with Crippen molar-refractivity contribution in [2.75, 3.05) is 32.2 Å². The number of nitrogens with one attached hydrogen (secondary N) is 1. The molecule has 7 rings (SSSR count). The summed E-state index contributed by atoms with van der Waals surface area (Å²) in [5, 5.41) is 35.2. The van der Waals surface area contributed by atoms with Crippen molar-refractivity contribution in [2.45, 2.75) is 43.5 Å². The Morgan fingerprint density at radius 2 is 1.67 bits per heavy atom. The molecular formula is C33H32BrN3O9. The number of carbonyl (C=O) groups is 3. The number of methoxy groups -OCH3 is 1. The van der Waals surface area contributed by atoms with E-state index in [1.165, 1.54) is 12.0 Å². The molecule has 0 spiro atoms. The molecule has 0 aliphatic carbocycles. The zero-order chi connectivity index (χ0) is 32.3. The number of rotatable bonds is 9. The summed E-state index contributed by atoms with van der Waals surface area (Å²) >= 11 is 3.06. The molecule has 240 valence electrons. The Hall–Kier alpha value is -3.85. The predicted octanol–water partition coefficient (Wildman–Crippen LogP) is 3.37. The number of H-pyrrole nitrogens is 1. The molecule has 5 atom stereocenters. The Morgan fingerprint density at radius 3 is 2.39 bits per heavy atom. The maximum Gasteiger partial charge on any atom is 0.316 e. The molecule has 0 bridgehead atoms. The maximum atomic E-state index is 14.3. The molecule has 5 aromatic rings. The fourth-order valence-electron chi connectivity index (χ4n) is 7.02. The number of aliphatic hydroxyl groups is 3. The highest BCUT2D eigenvalue weighted by molar-refractivity contribution is 9.09. The molecule has 46 heavy (non-hydrogen) atoms. The molecule has 2 amide bonds. The summed E-state index contributed by atoms with van der Waals surface area (Å²) in [6.45, 7) is -0.161. The number of hydrogen-bond acceptors (Lipinski definition) is 9. The van der Waals surface area contributed by atoms with Gasteiger partial charge < -0.3 is 39.1 Å². The molecule has 13 heteroatoms. The molecule has 0 unspecified atom stereocenters. The van der Waals surface area contributed by atoms with Crippen LogP contribution in [0.2, 0.25) is 0 Å². The van der Waals surface area contributed by atoms with Gasteiger partial charge in [-0.25, -0.2) is 0 Å². The van der Waals surface area contributed by atoms with Gasteiger partial charge in [-0.05, 0) is 25.0 Å². The second kappa shape index (κ2) is 12.1. The van der Waals surface area contributed by atoms with Crippen molar-refractivity contribution in [3.8, 4) is 0 Å². The summed E-state index contributed by atoms with van der Waals surface area (Å²) in [4.78, 5) is 44.7. The lowest BCUT2D eigenvalue weighted by atomic mass is 9.96. The third kappa shape index (κ3) is 4.56. The smallest absolute Gasteiger partial charge is 0.316 e. The molecule has 4 N–H and O–H groups in total. The van der Waals surface area contributed by atoms with E-state index >= 15 is 0 Å². The van der Waals surface area contributed by atoms with Gasteiger partial charge in [-0.1, -0.05) is 52.3 Å². The number of para-hydroxylation sites is 2. The number of unbranched alkanes of at least 4 members (excludes halogenated alkanes) is 1. The monoisotopic (exact) mass is 693 g/mol. The van der Waals surface area contributed by atoms with Gasteiger partial charge in [0, 0.05) is 40.7 Å². The first-order chi connectivity index (χ1) is 22.3. The number of ether oxygens (including phenoxy) is 3. The zero-order valence-electron chi connectivity index (χ0n) is 24.8. The van der Waals surface area contributed by atoms with Crippen molar-refractivity contribution >= 4 is 77.3 Å². The number of carbonyl (C=O) groups excluding carboxylic acids is 3. The molecule has 3 aromatic carbocycles. The first-order valence-electron chi connectivity index (χ1n) is 15.0. The summed E-state index contributed by atoms with van der Waals surface area (Å²) < 4.78 is 18.5. The van der Waals surface area contributed by atoms with Gasteiger partial charge in [-0.15, -0.1) is 0 Å². The summed E-state index contributed by atoms with van der Waals surface area (Å²) in [5.74, 6) is -1.25. The van der Waals surface area contributed by atoms with Gasteiger partial charge >= 0.3 is 5.97 Å². The Labute approximate surface area is 270 Å². The number of aromatic nitrogens is 2. The molecule has 12 nitrogen and oxygen atoms in total. The average molecular weight is 695 g/mol. The lowest BCUT2D eigenvalue weighted by molar-refractivity contribution is -0.255. The van der Waals surface area contributed by atoms with E-state index < -0.39 is 49.1 Å². The standard InChI is InChI=1S/C33H32BrN3O9/c1-44-30-20(15-38)46-33(29(41)28(30)40)37-19-11-5-3-9-17(19)23-25-24(22-16-8-2-4-10-18(16)35-26(22)27(23)37)31(42)36(32(25)43)12-6-7-13-45-21(39)14-34/h2-5,8-11,20,28-30,33,35,38,40-41H,6-7,12-15H2,1H3/t20-,28-,29-,30-,33-/m1/s1. The van der Waals surface area contributed by atoms with Crippen molar-refractivity contribution in [1.29, 1.82) is 0 Å². The van der Waals surface area contributed by atoms with Crippen molar-refractivity contribution in [3.63, 3.8) is 0 Å². The van der Waals surface area contributed by atoms with Crippen molar-refractivity contribution < 1.29 is 43.9 Å². The van der Waals surface area contributed by atoms with Crippen LogP contribution >= 0.6 is 15.9 Å². The molecule has 2 aliphatic heterocycles. The fraction of sp³-hybridized carbons (Fsp3) is 0.364. The fourth-order valence-corrected chi connectivity index (χ4v) is 7.18. The van der Waals surface area contributed by atoms with Crippen molar-refractivity contribution in [2.24, 2.45) is 0 Å². The first kappa shape index (κ1) is 30.8. The van der Waals surface area contributed by atoms with Crippen LogP contribution in [0.3, 0.4) is 0 Å². The van der Waals surface area contributed by atoms with E-state index in [9.17, 15) is 29.7 Å². The van der Waals surface area contributed by atoms with Gasteiger partial charge in [0.25, 0.3) is 11.8 Å². The van der Waals surface area contributed by atoms with E-state index in [1.54, 1.807) is 4.57 Å². The van der Waals surface area contributed by atoms with Crippen molar-refractivity contribution in [3.05, 3.63) is 59.7 Å². The number of hydrogen-bond donors (Lipinski definition) is 4. The molecule has 2 aliphatic rings. The van der Waals surface area contributed by atoms with Crippen LogP contribution < -0.4 is 0 Å². The highest BCUT2D eigenvalue weighted by Crippen LogP contribution is 2.47. The zero-order valence-corrected chi connectivity index (χ0v) is 26.4. The Bertz CT molecular complexity index is 2020. The SMILES string of the molecule is CO[C@H]1[C@H](O)[C@@H](O)[C@H](n2c3ccccc3c3c4c(c5c6ccccc6[nH]c5c32)C(=O)N(CCCCOC(=O)CBr)C4=O)O[C@@H]1CO. The largest absolute Gasteiger partial charge is 0.465 e. The Morgan fingerprint density at radius 1 is 0.978 bits per heavy atom. The summed E-state index contributed by atoms with van der Waals surface area (Å²) in [6.07, 6.45) is -5.06. The van der Waals surface area contributed by atoms with Gasteiger partial charge in [-0.3, -0.25) is 19.3 Å². The summed E-state index contributed by atoms with van der Waals surface area (Å²) in [6, 6.07) is 14.8. The second-order valence-corrected chi connectivity index (χ2v) is 12.1. The summed E-state index contributed by atoms with van der Waals surface area (Å²) in [7, 11) is 1.37. The number of imide groups is 1. The minimum Gasteiger partial charge on any atom is -0.465 e. The van der Waals surface area contributed by atoms with Crippen LogP contribution in [0.15, 0.2) is 48.5 Å². The third-order valence-electron chi connectivity index (χ3n) is 9.04. The van der Waals surface area contributed by atoms with E-state index in [0.717, 1.165) is 10.9 Å². The van der Waals surface area contributed by atoms with E-state index in [0.29, 0.717) is 45.6 Å². The highest BCUT2D eigenvalue weighted by Gasteiger charge is 2.47. The predicted molar refractivity (Wildman–Crippen MR) is 172 cm³/mol. The third-order valence-corrected chi connectivity index (χ3v) is 9.49. The summed E-state index contributed by atoms with van der Waals surface area (Å²) in [5.41, 5.74) is 2.96. The lowest BCUT2D eigenvalue weighted by Crippen LogP contribution is -2.57. The molecule has 1 saturated heterocycles. The van der Waals surface area contributed by atoms with Crippen LogP contribution in [0.5, 0.6) is 0 Å². The van der Waals surface area contributed by atoms with E-state index in [2.05, 4.69) is 20.9 Å². The molecule has 2 aromatic heterocycles. The molecule has 0 radical (unpaired) electrons. The van der Waals surface area contributed by atoms with Crippen LogP contribution in [-0.2, 0) is 19.0 Å². The topological polar surface area (TPSA) is 164 Å². The van der Waals surface area contributed by atoms with Crippen molar-refractivity contribution in [1.82, 2.24) is 14.5 Å². The van der Waals surface area contributed by atoms with Gasteiger partial charge in [0.1, 0.15) is 29.7 Å². The molecule has 0 saturated carbocycles. The number of esters is 1. The number of aromatic amines is 1. The molecule has 4 heterocycles. The van der Waals surface area contributed by atoms with Crippen LogP contribution in [0.25, 0.3) is 43.6 Å². The van der Waals surface area contributed by atoms with Gasteiger partial charge in [0.05, 0.1) is 40.9 Å². The minimum atomic E-state index is -1.47. The van der Waals surface area contributed by atoms with Crippen LogP contribution in [0.1, 0.15) is 39.8 Å². The first-order valence-corrected chi connectivity index (χ1v) is 16.2. The minimum absolute atomic E-state index is 0.0884. The van der Waals surface area contributed by atoms with E-state index in [1.807, 2.05) is 48.5 Å². The van der Waals surface area contributed by atoms with Gasteiger partial charge in [0.2, 0.25) is 0 Å². The van der Waals surface area contributed by atoms with Crippen LogP contribution in [0, 0.1) is 0 Å². The normalized spacial score (nSPS) is 23.3. The number of nitrogens with zero attached hydrogens (tertiary/aromatic N) is 2.